The number of carboxylic acid groups (broad SMARTS) is 1. The molecule has 31 heavy (non-hydrogen) atoms. The van der Waals surface area contributed by atoms with Crippen LogP contribution in [-0.4, -0.2) is 63.8 Å². The normalized spacial score (nSPS) is 33.6. The van der Waals surface area contributed by atoms with Gasteiger partial charge in [0, 0.05) is 18.6 Å². The van der Waals surface area contributed by atoms with E-state index in [1.165, 1.54) is 5.06 Å². The summed E-state index contributed by atoms with van der Waals surface area (Å²) in [4.78, 5) is 43.9. The number of carbonyl (C=O) groups excluding carboxylic acids is 2. The molecule has 5 rings (SSSR count). The molecule has 4 amide bonds. The van der Waals surface area contributed by atoms with Gasteiger partial charge in [-0.25, -0.2) is 9.59 Å². The van der Waals surface area contributed by atoms with Crippen molar-refractivity contribution in [3.8, 4) is 0 Å². The van der Waals surface area contributed by atoms with Crippen molar-refractivity contribution in [1.29, 1.82) is 0 Å². The largest absolute Gasteiger partial charge is 0.465 e. The average molecular weight is 428 g/mol. The van der Waals surface area contributed by atoms with Gasteiger partial charge in [-0.05, 0) is 49.5 Å². The molecule has 2 saturated heterocycles. The monoisotopic (exact) mass is 428 g/mol. The maximum atomic E-state index is 12.9. The van der Waals surface area contributed by atoms with Crippen LogP contribution in [0.4, 0.5) is 9.59 Å². The number of benzene rings is 1. The van der Waals surface area contributed by atoms with Crippen molar-refractivity contribution in [3.63, 3.8) is 0 Å². The quantitative estimate of drug-likeness (QED) is 0.642. The maximum absolute atomic E-state index is 12.9. The molecule has 2 aliphatic heterocycles. The number of amides is 4. The second kappa shape index (κ2) is 7.71. The minimum Gasteiger partial charge on any atom is -0.465 e. The number of rotatable bonds is 6. The summed E-state index contributed by atoms with van der Waals surface area (Å²) in [6, 6.07) is 9.17. The van der Waals surface area contributed by atoms with Crippen LogP contribution in [0.25, 0.3) is 0 Å². The van der Waals surface area contributed by atoms with E-state index in [1.54, 1.807) is 4.90 Å². The van der Waals surface area contributed by atoms with Crippen molar-refractivity contribution in [2.75, 3.05) is 6.54 Å². The molecule has 0 radical (unpaired) electrons. The molecule has 9 heteroatoms. The average Bonchev–Trinajstić information content (AvgIpc) is 2.93. The number of urea groups is 1. The molecule has 2 aliphatic carbocycles. The number of carbonyl (C=O) groups is 3. The number of hydrogen-bond donors (Lipinski definition) is 3. The van der Waals surface area contributed by atoms with Crippen LogP contribution < -0.4 is 10.6 Å². The first-order chi connectivity index (χ1) is 14.9. The maximum Gasteiger partial charge on any atom is 0.404 e. The van der Waals surface area contributed by atoms with Crippen LogP contribution in [0.5, 0.6) is 0 Å². The van der Waals surface area contributed by atoms with Gasteiger partial charge in [-0.3, -0.25) is 9.63 Å². The Morgan fingerprint density at radius 2 is 1.74 bits per heavy atom. The molecule has 4 fully saturated rings. The highest BCUT2D eigenvalue weighted by atomic mass is 16.7. The van der Waals surface area contributed by atoms with Crippen LogP contribution in [-0.2, 0) is 16.2 Å². The highest BCUT2D eigenvalue weighted by Gasteiger charge is 2.54. The third-order valence-corrected chi connectivity index (χ3v) is 7.23. The van der Waals surface area contributed by atoms with Crippen molar-refractivity contribution in [2.45, 2.75) is 69.3 Å². The van der Waals surface area contributed by atoms with Gasteiger partial charge in [0.2, 0.25) is 5.91 Å². The zero-order valence-corrected chi connectivity index (χ0v) is 17.3. The van der Waals surface area contributed by atoms with Gasteiger partial charge in [0.15, 0.2) is 0 Å². The first-order valence-electron chi connectivity index (χ1n) is 11.0. The molecule has 2 heterocycles. The van der Waals surface area contributed by atoms with Crippen molar-refractivity contribution in [2.24, 2.45) is 5.41 Å². The summed E-state index contributed by atoms with van der Waals surface area (Å²) in [5, 5.41) is 15.9. The molecule has 3 N–H and O–H groups in total. The first kappa shape index (κ1) is 20.1. The van der Waals surface area contributed by atoms with Crippen LogP contribution >= 0.6 is 0 Å². The Labute approximate surface area is 180 Å². The second-order valence-corrected chi connectivity index (χ2v) is 9.44. The van der Waals surface area contributed by atoms with E-state index in [1.807, 2.05) is 30.3 Å². The number of nitrogens with one attached hydrogen (secondary N) is 2. The summed E-state index contributed by atoms with van der Waals surface area (Å²) in [7, 11) is 0. The summed E-state index contributed by atoms with van der Waals surface area (Å²) >= 11 is 0. The van der Waals surface area contributed by atoms with E-state index >= 15 is 0 Å². The van der Waals surface area contributed by atoms with Crippen molar-refractivity contribution < 1.29 is 24.3 Å². The molecule has 2 atom stereocenters. The van der Waals surface area contributed by atoms with Gasteiger partial charge in [-0.1, -0.05) is 30.3 Å². The molecule has 2 saturated carbocycles. The number of nitrogens with zero attached hydrogens (tertiary/aromatic N) is 2. The van der Waals surface area contributed by atoms with Gasteiger partial charge in [-0.15, -0.1) is 0 Å². The lowest BCUT2D eigenvalue weighted by Gasteiger charge is -2.57. The number of hydrogen-bond acceptors (Lipinski definition) is 4. The Balaban J connectivity index is 1.10. The third-order valence-electron chi connectivity index (χ3n) is 7.23. The molecule has 1 aromatic carbocycles. The third kappa shape index (κ3) is 3.82. The predicted molar refractivity (Wildman–Crippen MR) is 110 cm³/mol. The van der Waals surface area contributed by atoms with Crippen LogP contribution in [0.1, 0.15) is 44.1 Å². The Bertz CT molecular complexity index is 864. The van der Waals surface area contributed by atoms with Gasteiger partial charge < -0.3 is 20.6 Å². The molecule has 9 nitrogen and oxygen atoms in total. The van der Waals surface area contributed by atoms with E-state index in [0.29, 0.717) is 19.6 Å². The zero-order chi connectivity index (χ0) is 21.6. The lowest BCUT2D eigenvalue weighted by atomic mass is 9.52. The van der Waals surface area contributed by atoms with Crippen molar-refractivity contribution in [3.05, 3.63) is 35.9 Å². The molecule has 1 spiro atoms. The SMILES string of the molecule is O=C(O)NC1CC2(C1)CC(NC(=O)[C@@H]1CC[C@@H]3CN1C(=O)N3OCc1ccccc1)C2. The molecule has 0 unspecified atom stereocenters. The zero-order valence-electron chi connectivity index (χ0n) is 17.3. The summed E-state index contributed by atoms with van der Waals surface area (Å²) in [5.74, 6) is -0.0870. The Hall–Kier alpha value is -2.81. The van der Waals surface area contributed by atoms with E-state index in [-0.39, 0.29) is 35.5 Å². The van der Waals surface area contributed by atoms with Crippen LogP contribution in [0.2, 0.25) is 0 Å². The van der Waals surface area contributed by atoms with Gasteiger partial charge in [0.05, 0.1) is 6.04 Å². The van der Waals surface area contributed by atoms with E-state index in [9.17, 15) is 14.4 Å². The molecule has 2 bridgehead atoms. The first-order valence-corrected chi connectivity index (χ1v) is 11.0. The van der Waals surface area contributed by atoms with E-state index in [4.69, 9.17) is 9.94 Å². The second-order valence-electron chi connectivity index (χ2n) is 9.44. The summed E-state index contributed by atoms with van der Waals surface area (Å²) < 4.78 is 0. The lowest BCUT2D eigenvalue weighted by molar-refractivity contribution is -0.140. The fourth-order valence-electron chi connectivity index (χ4n) is 5.77. The molecule has 1 aromatic rings. The topological polar surface area (TPSA) is 111 Å². The highest BCUT2D eigenvalue weighted by Crippen LogP contribution is 2.55. The number of piperidine rings is 1. The summed E-state index contributed by atoms with van der Waals surface area (Å²) in [6.07, 6.45) is 3.85. The molecular formula is C22H28N4O5. The van der Waals surface area contributed by atoms with Gasteiger partial charge in [-0.2, -0.15) is 5.06 Å². The number of hydroxylamine groups is 2. The molecule has 0 aromatic heterocycles. The number of fused-ring (bicyclic) bond motifs is 2. The van der Waals surface area contributed by atoms with Crippen molar-refractivity contribution in [1.82, 2.24) is 20.6 Å². The van der Waals surface area contributed by atoms with Crippen LogP contribution in [0.3, 0.4) is 0 Å². The van der Waals surface area contributed by atoms with Crippen LogP contribution in [0, 0.1) is 5.41 Å². The minimum atomic E-state index is -0.975. The Morgan fingerprint density at radius 3 is 2.42 bits per heavy atom. The van der Waals surface area contributed by atoms with Gasteiger partial charge >= 0.3 is 12.1 Å². The van der Waals surface area contributed by atoms with Gasteiger partial charge in [0.25, 0.3) is 0 Å². The standard InChI is InChI=1S/C22H28N4O5/c27-19(23-15-8-22(9-15)10-16(11-22)24-20(28)29)18-7-6-17-12-25(18)21(30)26(17)31-13-14-4-2-1-3-5-14/h1-5,15-18,24H,6-13H2,(H,23,27)(H,28,29)/t15?,16?,17-,18+,22?/m1/s1. The summed E-state index contributed by atoms with van der Waals surface area (Å²) in [6.45, 7) is 0.846. The van der Waals surface area contributed by atoms with Crippen molar-refractivity contribution >= 4 is 18.0 Å². The Kier molecular flexibility index (Phi) is 5.00. The van der Waals surface area contributed by atoms with E-state index < -0.39 is 12.1 Å². The van der Waals surface area contributed by atoms with E-state index in [0.717, 1.165) is 37.7 Å². The molecule has 166 valence electrons. The van der Waals surface area contributed by atoms with E-state index in [2.05, 4.69) is 10.6 Å². The summed E-state index contributed by atoms with van der Waals surface area (Å²) in [5.41, 5.74) is 1.17. The highest BCUT2D eigenvalue weighted by molar-refractivity contribution is 5.88. The molecule has 4 aliphatic rings. The fraction of sp³-hybridized carbons (Fsp3) is 0.591. The Morgan fingerprint density at radius 1 is 1.06 bits per heavy atom. The minimum absolute atomic E-state index is 0.0131. The van der Waals surface area contributed by atoms with Crippen LogP contribution in [0.15, 0.2) is 30.3 Å². The smallest absolute Gasteiger partial charge is 0.404 e. The lowest BCUT2D eigenvalue weighted by Crippen LogP contribution is -2.62. The fourth-order valence-corrected chi connectivity index (χ4v) is 5.77. The van der Waals surface area contributed by atoms with Gasteiger partial charge in [0.1, 0.15) is 12.6 Å². The predicted octanol–water partition coefficient (Wildman–Crippen LogP) is 2.08. The molecular weight excluding hydrogens is 400 g/mol.